The number of rotatable bonds is 3. The van der Waals surface area contributed by atoms with Gasteiger partial charge in [0.25, 0.3) is 0 Å². The minimum atomic E-state index is -0.362. The first-order valence-corrected chi connectivity index (χ1v) is 8.10. The zero-order valence-corrected chi connectivity index (χ0v) is 13.7. The fourth-order valence-electron chi connectivity index (χ4n) is 2.79. The SMILES string of the molecule is CCOC(=O)c1nn(-c2ccc(Cl)c(Cl)c2)c2c1CCCC2. The molecular weight excluding hydrogens is 323 g/mol. The van der Waals surface area contributed by atoms with E-state index in [1.807, 2.05) is 6.07 Å². The average molecular weight is 339 g/mol. The number of hydrogen-bond donors (Lipinski definition) is 0. The number of benzene rings is 1. The van der Waals surface area contributed by atoms with Gasteiger partial charge in [0, 0.05) is 11.3 Å². The van der Waals surface area contributed by atoms with Gasteiger partial charge in [-0.1, -0.05) is 23.2 Å². The molecule has 1 aromatic heterocycles. The Balaban J connectivity index is 2.11. The number of fused-ring (bicyclic) bond motifs is 1. The van der Waals surface area contributed by atoms with E-state index < -0.39 is 0 Å². The van der Waals surface area contributed by atoms with Gasteiger partial charge < -0.3 is 4.74 Å². The van der Waals surface area contributed by atoms with E-state index in [4.69, 9.17) is 27.9 Å². The third kappa shape index (κ3) is 2.73. The van der Waals surface area contributed by atoms with Crippen LogP contribution in [-0.4, -0.2) is 22.4 Å². The van der Waals surface area contributed by atoms with Crippen molar-refractivity contribution in [1.82, 2.24) is 9.78 Å². The normalized spacial score (nSPS) is 13.8. The Bertz CT molecular complexity index is 725. The molecule has 0 radical (unpaired) electrons. The van der Waals surface area contributed by atoms with Gasteiger partial charge >= 0.3 is 5.97 Å². The van der Waals surface area contributed by atoms with Crippen molar-refractivity contribution in [2.75, 3.05) is 6.61 Å². The van der Waals surface area contributed by atoms with Crippen LogP contribution in [0.1, 0.15) is 41.5 Å². The highest BCUT2D eigenvalue weighted by Gasteiger charge is 2.26. The lowest BCUT2D eigenvalue weighted by Gasteiger charge is -2.14. The maximum absolute atomic E-state index is 12.1. The van der Waals surface area contributed by atoms with Crippen molar-refractivity contribution in [1.29, 1.82) is 0 Å². The van der Waals surface area contributed by atoms with Crippen LogP contribution in [0, 0.1) is 0 Å². The van der Waals surface area contributed by atoms with Crippen LogP contribution in [0.3, 0.4) is 0 Å². The Morgan fingerprint density at radius 2 is 2.05 bits per heavy atom. The van der Waals surface area contributed by atoms with Gasteiger partial charge in [0.15, 0.2) is 5.69 Å². The van der Waals surface area contributed by atoms with E-state index in [2.05, 4.69) is 5.10 Å². The molecule has 0 fully saturated rings. The summed E-state index contributed by atoms with van der Waals surface area (Å²) in [4.78, 5) is 12.1. The molecule has 6 heteroatoms. The van der Waals surface area contributed by atoms with Crippen molar-refractivity contribution in [3.8, 4) is 5.69 Å². The van der Waals surface area contributed by atoms with Gasteiger partial charge in [-0.05, 0) is 50.8 Å². The van der Waals surface area contributed by atoms with Crippen LogP contribution in [0.5, 0.6) is 0 Å². The third-order valence-corrected chi connectivity index (χ3v) is 4.54. The molecule has 0 aliphatic heterocycles. The predicted octanol–water partition coefficient (Wildman–Crippen LogP) is 4.23. The summed E-state index contributed by atoms with van der Waals surface area (Å²) >= 11 is 12.1. The van der Waals surface area contributed by atoms with E-state index in [0.717, 1.165) is 42.6 Å². The Hall–Kier alpha value is -1.52. The highest BCUT2D eigenvalue weighted by Crippen LogP contribution is 2.30. The maximum Gasteiger partial charge on any atom is 0.359 e. The van der Waals surface area contributed by atoms with Gasteiger partial charge in [0.2, 0.25) is 0 Å². The van der Waals surface area contributed by atoms with Gasteiger partial charge in [-0.15, -0.1) is 0 Å². The molecule has 1 aromatic carbocycles. The number of esters is 1. The lowest BCUT2D eigenvalue weighted by Crippen LogP contribution is -2.10. The minimum Gasteiger partial charge on any atom is -0.461 e. The number of halogens is 2. The van der Waals surface area contributed by atoms with E-state index in [-0.39, 0.29) is 5.97 Å². The molecule has 0 unspecified atom stereocenters. The first kappa shape index (κ1) is 15.4. The number of hydrogen-bond acceptors (Lipinski definition) is 3. The molecule has 3 rings (SSSR count). The quantitative estimate of drug-likeness (QED) is 0.786. The van der Waals surface area contributed by atoms with Crippen LogP contribution >= 0.6 is 23.2 Å². The molecule has 0 atom stereocenters. The van der Waals surface area contributed by atoms with E-state index in [1.54, 1.807) is 23.7 Å². The topological polar surface area (TPSA) is 44.1 Å². The molecule has 2 aromatic rings. The Morgan fingerprint density at radius 1 is 1.27 bits per heavy atom. The summed E-state index contributed by atoms with van der Waals surface area (Å²) in [6.45, 7) is 2.13. The van der Waals surface area contributed by atoms with Gasteiger partial charge in [-0.25, -0.2) is 9.48 Å². The molecule has 1 aliphatic rings. The summed E-state index contributed by atoms with van der Waals surface area (Å²) < 4.78 is 6.92. The molecule has 1 aliphatic carbocycles. The highest BCUT2D eigenvalue weighted by atomic mass is 35.5. The molecule has 0 saturated carbocycles. The molecule has 0 amide bonds. The molecule has 0 bridgehead atoms. The molecule has 22 heavy (non-hydrogen) atoms. The number of carbonyl (C=O) groups excluding carboxylic acids is 1. The zero-order valence-electron chi connectivity index (χ0n) is 12.2. The van der Waals surface area contributed by atoms with Gasteiger partial charge in [-0.2, -0.15) is 5.10 Å². The number of aromatic nitrogens is 2. The largest absolute Gasteiger partial charge is 0.461 e. The van der Waals surface area contributed by atoms with Gasteiger partial charge in [0.05, 0.1) is 22.3 Å². The molecule has 1 heterocycles. The fourth-order valence-corrected chi connectivity index (χ4v) is 3.09. The molecule has 116 valence electrons. The summed E-state index contributed by atoms with van der Waals surface area (Å²) in [6, 6.07) is 5.35. The third-order valence-electron chi connectivity index (χ3n) is 3.80. The second-order valence-corrected chi connectivity index (χ2v) is 6.03. The predicted molar refractivity (Wildman–Crippen MR) is 86.2 cm³/mol. The Kier molecular flexibility index (Phi) is 4.41. The van der Waals surface area contributed by atoms with Crippen LogP contribution < -0.4 is 0 Å². The zero-order chi connectivity index (χ0) is 15.7. The molecule has 4 nitrogen and oxygen atoms in total. The minimum absolute atomic E-state index is 0.341. The fraction of sp³-hybridized carbons (Fsp3) is 0.375. The van der Waals surface area contributed by atoms with Crippen molar-refractivity contribution >= 4 is 29.2 Å². The summed E-state index contributed by atoms with van der Waals surface area (Å²) in [7, 11) is 0. The number of nitrogens with zero attached hydrogens (tertiary/aromatic N) is 2. The van der Waals surface area contributed by atoms with E-state index in [9.17, 15) is 4.79 Å². The van der Waals surface area contributed by atoms with Gasteiger partial charge in [-0.3, -0.25) is 0 Å². The van der Waals surface area contributed by atoms with E-state index >= 15 is 0 Å². The van der Waals surface area contributed by atoms with E-state index in [1.165, 1.54) is 0 Å². The number of ether oxygens (including phenoxy) is 1. The Morgan fingerprint density at radius 3 is 2.77 bits per heavy atom. The van der Waals surface area contributed by atoms with Crippen LogP contribution in [0.15, 0.2) is 18.2 Å². The van der Waals surface area contributed by atoms with Crippen molar-refractivity contribution in [3.63, 3.8) is 0 Å². The van der Waals surface area contributed by atoms with Gasteiger partial charge in [0.1, 0.15) is 0 Å². The lowest BCUT2D eigenvalue weighted by molar-refractivity contribution is 0.0517. The first-order chi connectivity index (χ1) is 10.6. The highest BCUT2D eigenvalue weighted by molar-refractivity contribution is 6.42. The monoisotopic (exact) mass is 338 g/mol. The van der Waals surface area contributed by atoms with Crippen LogP contribution in [0.4, 0.5) is 0 Å². The van der Waals surface area contributed by atoms with Crippen molar-refractivity contribution in [3.05, 3.63) is 45.2 Å². The summed E-state index contributed by atoms with van der Waals surface area (Å²) in [5, 5.41) is 5.46. The second kappa shape index (κ2) is 6.31. The second-order valence-electron chi connectivity index (χ2n) is 5.21. The van der Waals surface area contributed by atoms with Crippen LogP contribution in [0.2, 0.25) is 10.0 Å². The van der Waals surface area contributed by atoms with Crippen molar-refractivity contribution in [2.45, 2.75) is 32.6 Å². The van der Waals surface area contributed by atoms with Crippen LogP contribution in [0.25, 0.3) is 5.69 Å². The molecule has 0 spiro atoms. The summed E-state index contributed by atoms with van der Waals surface area (Å²) in [5.41, 5.74) is 3.29. The standard InChI is InChI=1S/C16H16Cl2N2O2/c1-2-22-16(21)15-11-5-3-4-6-14(11)20(19-15)10-7-8-12(17)13(18)9-10/h7-9H,2-6H2,1H3. The Labute approximate surface area is 139 Å². The molecule has 0 N–H and O–H groups in total. The van der Waals surface area contributed by atoms with Crippen molar-refractivity contribution < 1.29 is 9.53 Å². The number of carbonyl (C=O) groups is 1. The average Bonchev–Trinajstić information content (AvgIpc) is 2.90. The molecular formula is C16H16Cl2N2O2. The first-order valence-electron chi connectivity index (χ1n) is 7.35. The van der Waals surface area contributed by atoms with Crippen LogP contribution in [-0.2, 0) is 17.6 Å². The molecule has 0 saturated heterocycles. The lowest BCUT2D eigenvalue weighted by atomic mass is 9.95. The van der Waals surface area contributed by atoms with E-state index in [0.29, 0.717) is 22.3 Å². The summed E-state index contributed by atoms with van der Waals surface area (Å²) in [6.07, 6.45) is 3.89. The maximum atomic E-state index is 12.1. The van der Waals surface area contributed by atoms with Crippen molar-refractivity contribution in [2.24, 2.45) is 0 Å². The smallest absolute Gasteiger partial charge is 0.359 e. The summed E-state index contributed by atoms with van der Waals surface area (Å²) in [5.74, 6) is -0.362.